The number of nitrogens with one attached hydrogen (secondary N) is 1. The number of amides is 1. The first-order chi connectivity index (χ1) is 13.9. The van der Waals surface area contributed by atoms with Crippen LogP contribution in [0.1, 0.15) is 0 Å². The predicted molar refractivity (Wildman–Crippen MR) is 115 cm³/mol. The fraction of sp³-hybridized carbons (Fsp3) is 0.263. The fourth-order valence-electron chi connectivity index (χ4n) is 3.17. The Hall–Kier alpha value is -2.04. The average Bonchev–Trinajstić information content (AvgIpc) is 3.10. The van der Waals surface area contributed by atoms with Gasteiger partial charge in [-0.1, -0.05) is 35.1 Å². The third kappa shape index (κ3) is 4.59. The second kappa shape index (κ2) is 8.37. The summed E-state index contributed by atoms with van der Waals surface area (Å²) >= 11 is 7.27. The second-order valence-corrected chi connectivity index (χ2v) is 10.1. The topological polar surface area (TPSA) is 82.6 Å². The first-order valence-corrected chi connectivity index (χ1v) is 11.7. The molecule has 0 spiro atoms. The van der Waals surface area contributed by atoms with Gasteiger partial charge in [-0.25, -0.2) is 13.4 Å². The molecule has 29 heavy (non-hydrogen) atoms. The number of hydrogen-bond donors (Lipinski definition) is 1. The van der Waals surface area contributed by atoms with E-state index in [1.165, 1.54) is 27.8 Å². The van der Waals surface area contributed by atoms with Gasteiger partial charge in [0.15, 0.2) is 5.13 Å². The molecule has 0 atom stereocenters. The van der Waals surface area contributed by atoms with E-state index in [4.69, 9.17) is 11.6 Å². The third-order valence-corrected chi connectivity index (χ3v) is 7.81. The molecule has 1 fully saturated rings. The minimum atomic E-state index is -3.55. The summed E-state index contributed by atoms with van der Waals surface area (Å²) in [5, 5.41) is 3.90. The highest BCUT2D eigenvalue weighted by Gasteiger charge is 2.29. The van der Waals surface area contributed by atoms with Crippen LogP contribution in [0.5, 0.6) is 0 Å². The van der Waals surface area contributed by atoms with Crippen LogP contribution in [0.3, 0.4) is 0 Å². The Labute approximate surface area is 178 Å². The van der Waals surface area contributed by atoms with Gasteiger partial charge in [0.1, 0.15) is 0 Å². The molecular formula is C19H19ClN4O3S2. The van der Waals surface area contributed by atoms with Gasteiger partial charge in [-0.05, 0) is 36.4 Å². The Morgan fingerprint density at radius 2 is 1.76 bits per heavy atom. The first kappa shape index (κ1) is 20.2. The van der Waals surface area contributed by atoms with E-state index in [0.717, 1.165) is 10.2 Å². The van der Waals surface area contributed by atoms with Crippen LogP contribution in [0, 0.1) is 0 Å². The maximum atomic E-state index is 12.7. The number of nitrogens with zero attached hydrogens (tertiary/aromatic N) is 3. The van der Waals surface area contributed by atoms with Gasteiger partial charge < -0.3 is 5.32 Å². The highest BCUT2D eigenvalue weighted by Crippen LogP contribution is 2.25. The molecule has 0 saturated carbocycles. The zero-order chi connectivity index (χ0) is 20.4. The van der Waals surface area contributed by atoms with Crippen LogP contribution in [0.2, 0.25) is 5.02 Å². The van der Waals surface area contributed by atoms with Crippen molar-refractivity contribution in [1.82, 2.24) is 14.2 Å². The summed E-state index contributed by atoms with van der Waals surface area (Å²) in [5.41, 5.74) is 0.855. The normalized spacial score (nSPS) is 16.2. The van der Waals surface area contributed by atoms with Gasteiger partial charge in [-0.2, -0.15) is 4.31 Å². The number of thiazole rings is 1. The highest BCUT2D eigenvalue weighted by molar-refractivity contribution is 7.89. The summed E-state index contributed by atoms with van der Waals surface area (Å²) in [6.45, 7) is 1.84. The monoisotopic (exact) mass is 450 g/mol. The van der Waals surface area contributed by atoms with E-state index in [-0.39, 0.29) is 17.3 Å². The Kier molecular flexibility index (Phi) is 5.84. The molecule has 152 valence electrons. The number of halogens is 1. The van der Waals surface area contributed by atoms with Crippen molar-refractivity contribution < 1.29 is 13.2 Å². The van der Waals surface area contributed by atoms with E-state index in [1.54, 1.807) is 12.1 Å². The summed E-state index contributed by atoms with van der Waals surface area (Å²) < 4.78 is 27.9. The second-order valence-electron chi connectivity index (χ2n) is 6.67. The molecule has 1 aromatic heterocycles. The number of carbonyl (C=O) groups excluding carboxylic acids is 1. The molecule has 1 saturated heterocycles. The summed E-state index contributed by atoms with van der Waals surface area (Å²) in [6, 6.07) is 13.9. The number of hydrogen-bond acceptors (Lipinski definition) is 6. The first-order valence-electron chi connectivity index (χ1n) is 9.05. The zero-order valence-electron chi connectivity index (χ0n) is 15.4. The van der Waals surface area contributed by atoms with Gasteiger partial charge in [0.25, 0.3) is 0 Å². The molecule has 0 bridgehead atoms. The van der Waals surface area contributed by atoms with E-state index in [9.17, 15) is 13.2 Å². The number of carbonyl (C=O) groups is 1. The maximum absolute atomic E-state index is 12.7. The van der Waals surface area contributed by atoms with Crippen LogP contribution in [-0.4, -0.2) is 61.2 Å². The lowest BCUT2D eigenvalue weighted by Gasteiger charge is -2.33. The van der Waals surface area contributed by atoms with Crippen molar-refractivity contribution in [3.05, 3.63) is 53.6 Å². The van der Waals surface area contributed by atoms with E-state index in [1.807, 2.05) is 29.2 Å². The number of piperazine rings is 1. The number of fused-ring (bicyclic) bond motifs is 1. The molecule has 2 heterocycles. The van der Waals surface area contributed by atoms with Gasteiger partial charge in [0.2, 0.25) is 15.9 Å². The van der Waals surface area contributed by atoms with Gasteiger partial charge in [-0.15, -0.1) is 0 Å². The zero-order valence-corrected chi connectivity index (χ0v) is 17.8. The number of benzene rings is 2. The molecule has 1 aliphatic heterocycles. The van der Waals surface area contributed by atoms with Gasteiger partial charge in [0.05, 0.1) is 21.7 Å². The van der Waals surface area contributed by atoms with Crippen molar-refractivity contribution in [1.29, 1.82) is 0 Å². The number of sulfonamides is 1. The predicted octanol–water partition coefficient (Wildman–Crippen LogP) is 2.89. The van der Waals surface area contributed by atoms with Gasteiger partial charge in [0, 0.05) is 31.2 Å². The largest absolute Gasteiger partial charge is 0.301 e. The lowest BCUT2D eigenvalue weighted by atomic mass is 10.3. The van der Waals surface area contributed by atoms with Crippen molar-refractivity contribution in [3.8, 4) is 0 Å². The standard InChI is InChI=1S/C19H19ClN4O3S2/c20-14-5-7-15(8-6-14)29(26,27)24-11-9-23(10-12-24)13-18(25)22-19-21-16-3-1-2-4-17(16)28-19/h1-8H,9-13H2,(H,21,22,25). The third-order valence-electron chi connectivity index (χ3n) is 4.69. The van der Waals surface area contributed by atoms with E-state index < -0.39 is 10.0 Å². The Morgan fingerprint density at radius 3 is 2.45 bits per heavy atom. The molecule has 0 unspecified atom stereocenters. The molecule has 0 radical (unpaired) electrons. The molecule has 1 aliphatic rings. The number of aromatic nitrogens is 1. The van der Waals surface area contributed by atoms with Crippen molar-refractivity contribution >= 4 is 54.2 Å². The van der Waals surface area contributed by atoms with Crippen LogP contribution in [0.4, 0.5) is 5.13 Å². The quantitative estimate of drug-likeness (QED) is 0.646. The fourth-order valence-corrected chi connectivity index (χ4v) is 5.60. The minimum absolute atomic E-state index is 0.155. The molecule has 1 N–H and O–H groups in total. The molecule has 2 aromatic carbocycles. The van der Waals surface area contributed by atoms with Crippen LogP contribution in [0.25, 0.3) is 10.2 Å². The smallest absolute Gasteiger partial charge is 0.243 e. The van der Waals surface area contributed by atoms with Crippen LogP contribution < -0.4 is 5.32 Å². The summed E-state index contributed by atoms with van der Waals surface area (Å²) in [7, 11) is -3.55. The maximum Gasteiger partial charge on any atom is 0.243 e. The lowest BCUT2D eigenvalue weighted by Crippen LogP contribution is -2.50. The van der Waals surface area contributed by atoms with Crippen molar-refractivity contribution in [3.63, 3.8) is 0 Å². The number of anilines is 1. The van der Waals surface area contributed by atoms with Crippen molar-refractivity contribution in [2.75, 3.05) is 38.0 Å². The van der Waals surface area contributed by atoms with Crippen LogP contribution in [0.15, 0.2) is 53.4 Å². The Bertz CT molecular complexity index is 1090. The highest BCUT2D eigenvalue weighted by atomic mass is 35.5. The number of rotatable bonds is 5. The van der Waals surface area contributed by atoms with Crippen molar-refractivity contribution in [2.45, 2.75) is 4.90 Å². The van der Waals surface area contributed by atoms with E-state index in [2.05, 4.69) is 10.3 Å². The summed E-state index contributed by atoms with van der Waals surface area (Å²) in [5.74, 6) is -0.155. The van der Waals surface area contributed by atoms with E-state index >= 15 is 0 Å². The Morgan fingerprint density at radius 1 is 1.07 bits per heavy atom. The number of para-hydroxylation sites is 1. The molecular weight excluding hydrogens is 432 g/mol. The lowest BCUT2D eigenvalue weighted by molar-refractivity contribution is -0.117. The SMILES string of the molecule is O=C(CN1CCN(S(=O)(=O)c2ccc(Cl)cc2)CC1)Nc1nc2ccccc2s1. The molecule has 10 heteroatoms. The minimum Gasteiger partial charge on any atom is -0.301 e. The molecule has 3 aromatic rings. The van der Waals surface area contributed by atoms with Crippen LogP contribution in [-0.2, 0) is 14.8 Å². The van der Waals surface area contributed by atoms with Gasteiger partial charge >= 0.3 is 0 Å². The molecule has 4 rings (SSSR count). The van der Waals surface area contributed by atoms with Gasteiger partial charge in [-0.3, -0.25) is 9.69 Å². The summed E-state index contributed by atoms with van der Waals surface area (Å²) in [4.78, 5) is 18.9. The molecule has 0 aliphatic carbocycles. The van der Waals surface area contributed by atoms with Crippen molar-refractivity contribution in [2.24, 2.45) is 0 Å². The Balaban J connectivity index is 1.32. The van der Waals surface area contributed by atoms with E-state index in [0.29, 0.717) is 36.3 Å². The summed E-state index contributed by atoms with van der Waals surface area (Å²) in [6.07, 6.45) is 0. The molecule has 7 nitrogen and oxygen atoms in total. The average molecular weight is 451 g/mol. The van der Waals surface area contributed by atoms with Crippen LogP contribution >= 0.6 is 22.9 Å². The molecule has 1 amide bonds.